The Kier molecular flexibility index (Phi) is 8.51. The first kappa shape index (κ1) is 13.4. The second-order valence-electron chi connectivity index (χ2n) is 2.69. The number of carbonyl (C=O) groups excluding carboxylic acids is 1. The average Bonchev–Trinajstić information content (AvgIpc) is 2.18. The fourth-order valence-electron chi connectivity index (χ4n) is 0.814. The topological polar surface area (TPSA) is 54.0 Å². The van der Waals surface area contributed by atoms with Crippen LogP contribution in [0.25, 0.3) is 0 Å². The molecule has 14 heavy (non-hydrogen) atoms. The largest absolute Gasteiger partial charge is 0.438 e. The van der Waals surface area contributed by atoms with Gasteiger partial charge in [-0.05, 0) is 0 Å². The summed E-state index contributed by atoms with van der Waals surface area (Å²) in [5, 5.41) is 0. The van der Waals surface area contributed by atoms with Crippen LogP contribution < -0.4 is 0 Å². The third-order valence-corrected chi connectivity index (χ3v) is 1.52. The summed E-state index contributed by atoms with van der Waals surface area (Å²) in [6.45, 7) is 2.50. The minimum atomic E-state index is -0.279. The van der Waals surface area contributed by atoms with Crippen molar-refractivity contribution in [3.8, 4) is 0 Å². The molecule has 0 aliphatic carbocycles. The fraction of sp³-hybridized carbons (Fsp3) is 0.889. The van der Waals surface area contributed by atoms with E-state index in [2.05, 4.69) is 0 Å². The van der Waals surface area contributed by atoms with E-state index < -0.39 is 0 Å². The summed E-state index contributed by atoms with van der Waals surface area (Å²) in [7, 11) is 3.15. The molecular formula is C9H18O5. The van der Waals surface area contributed by atoms with Crippen LogP contribution in [-0.4, -0.2) is 46.3 Å². The summed E-state index contributed by atoms with van der Waals surface area (Å²) < 4.78 is 19.7. The van der Waals surface area contributed by atoms with Crippen molar-refractivity contribution < 1.29 is 23.7 Å². The van der Waals surface area contributed by atoms with E-state index in [4.69, 9.17) is 18.9 Å². The molecule has 0 bridgehead atoms. The summed E-state index contributed by atoms with van der Waals surface area (Å²) >= 11 is 0. The van der Waals surface area contributed by atoms with Crippen molar-refractivity contribution in [1.29, 1.82) is 0 Å². The zero-order chi connectivity index (χ0) is 10.8. The molecule has 0 fully saturated rings. The van der Waals surface area contributed by atoms with Crippen LogP contribution in [0.2, 0.25) is 0 Å². The lowest BCUT2D eigenvalue weighted by atomic mass is 10.4. The zero-order valence-electron chi connectivity index (χ0n) is 8.95. The maximum Gasteiger partial charge on any atom is 0.307 e. The Morgan fingerprint density at radius 2 is 1.79 bits per heavy atom. The predicted molar refractivity (Wildman–Crippen MR) is 49.9 cm³/mol. The number of methoxy groups -OCH3 is 2. The van der Waals surface area contributed by atoms with Crippen LogP contribution >= 0.6 is 0 Å². The Morgan fingerprint density at radius 3 is 2.21 bits per heavy atom. The number of hydrogen-bond donors (Lipinski definition) is 0. The van der Waals surface area contributed by atoms with Crippen LogP contribution in [0.15, 0.2) is 0 Å². The minimum Gasteiger partial charge on any atom is -0.438 e. The van der Waals surface area contributed by atoms with Crippen LogP contribution in [0.1, 0.15) is 13.3 Å². The summed E-state index contributed by atoms with van der Waals surface area (Å²) in [6, 6.07) is 0. The molecule has 0 aliphatic rings. The van der Waals surface area contributed by atoms with Gasteiger partial charge in [0.1, 0.15) is 6.10 Å². The number of esters is 1. The minimum absolute atomic E-state index is 0.0515. The molecule has 0 radical (unpaired) electrons. The molecule has 0 N–H and O–H groups in total. The van der Waals surface area contributed by atoms with Gasteiger partial charge in [-0.1, -0.05) is 6.92 Å². The monoisotopic (exact) mass is 206 g/mol. The maximum atomic E-state index is 10.7. The van der Waals surface area contributed by atoms with Crippen LogP contribution in [0.5, 0.6) is 0 Å². The second kappa shape index (κ2) is 8.93. The van der Waals surface area contributed by atoms with Gasteiger partial charge < -0.3 is 18.9 Å². The van der Waals surface area contributed by atoms with E-state index in [0.29, 0.717) is 19.6 Å². The first-order valence-electron chi connectivity index (χ1n) is 4.49. The number of hydrogen-bond acceptors (Lipinski definition) is 5. The summed E-state index contributed by atoms with van der Waals surface area (Å²) in [6.07, 6.45) is 0.150. The molecule has 0 spiro atoms. The van der Waals surface area contributed by atoms with Gasteiger partial charge in [0.05, 0.1) is 13.2 Å². The highest BCUT2D eigenvalue weighted by molar-refractivity contribution is 5.68. The molecule has 0 rings (SSSR count). The first-order valence-corrected chi connectivity index (χ1v) is 4.49. The maximum absolute atomic E-state index is 10.7. The summed E-state index contributed by atoms with van der Waals surface area (Å²) in [5.41, 5.74) is 0. The first-order chi connectivity index (χ1) is 6.74. The molecule has 84 valence electrons. The molecule has 0 unspecified atom stereocenters. The van der Waals surface area contributed by atoms with Crippen LogP contribution in [0.3, 0.4) is 0 Å². The third kappa shape index (κ3) is 6.82. The second-order valence-corrected chi connectivity index (χ2v) is 2.69. The van der Waals surface area contributed by atoms with E-state index in [1.54, 1.807) is 21.1 Å². The molecule has 0 saturated heterocycles. The predicted octanol–water partition coefficient (Wildman–Crippen LogP) is 0.575. The SMILES string of the molecule is CCC(=O)OCOC(COC)COC. The molecular weight excluding hydrogens is 188 g/mol. The summed E-state index contributed by atoms with van der Waals surface area (Å²) in [4.78, 5) is 10.7. The van der Waals surface area contributed by atoms with Crippen LogP contribution in [0, 0.1) is 0 Å². The number of ether oxygens (including phenoxy) is 4. The van der Waals surface area contributed by atoms with Gasteiger partial charge in [-0.15, -0.1) is 0 Å². The lowest BCUT2D eigenvalue weighted by Gasteiger charge is -2.15. The Bertz CT molecular complexity index is 142. The molecule has 0 aliphatic heterocycles. The van der Waals surface area contributed by atoms with Gasteiger partial charge in [0, 0.05) is 20.6 Å². The van der Waals surface area contributed by atoms with E-state index in [0.717, 1.165) is 0 Å². The molecule has 0 atom stereocenters. The van der Waals surface area contributed by atoms with Crippen molar-refractivity contribution in [3.63, 3.8) is 0 Å². The van der Waals surface area contributed by atoms with Gasteiger partial charge in [-0.2, -0.15) is 0 Å². The molecule has 0 aromatic heterocycles. The van der Waals surface area contributed by atoms with Crippen molar-refractivity contribution in [2.24, 2.45) is 0 Å². The van der Waals surface area contributed by atoms with Crippen molar-refractivity contribution in [2.75, 3.05) is 34.2 Å². The van der Waals surface area contributed by atoms with Gasteiger partial charge in [0.2, 0.25) is 0 Å². The normalized spacial score (nSPS) is 10.6. The highest BCUT2D eigenvalue weighted by Gasteiger charge is 2.09. The zero-order valence-corrected chi connectivity index (χ0v) is 8.95. The molecule has 0 aromatic rings. The van der Waals surface area contributed by atoms with E-state index in [1.165, 1.54) is 0 Å². The molecule has 0 aromatic carbocycles. The van der Waals surface area contributed by atoms with Gasteiger partial charge in [-0.3, -0.25) is 4.79 Å². The highest BCUT2D eigenvalue weighted by atomic mass is 16.7. The number of rotatable bonds is 8. The summed E-state index contributed by atoms with van der Waals surface area (Å²) in [5.74, 6) is -0.279. The standard InChI is InChI=1S/C9H18O5/c1-4-9(10)14-7-13-8(5-11-2)6-12-3/h8H,4-7H2,1-3H3. The van der Waals surface area contributed by atoms with Gasteiger partial charge in [-0.25, -0.2) is 0 Å². The van der Waals surface area contributed by atoms with E-state index in [1.807, 2.05) is 0 Å². The molecule has 5 heteroatoms. The van der Waals surface area contributed by atoms with Crippen LogP contribution in [-0.2, 0) is 23.7 Å². The smallest absolute Gasteiger partial charge is 0.307 e. The number of carbonyl (C=O) groups is 1. The lowest BCUT2D eigenvalue weighted by molar-refractivity contribution is -0.166. The van der Waals surface area contributed by atoms with Gasteiger partial charge in [0.25, 0.3) is 0 Å². The van der Waals surface area contributed by atoms with E-state index in [9.17, 15) is 4.79 Å². The van der Waals surface area contributed by atoms with Crippen molar-refractivity contribution in [3.05, 3.63) is 0 Å². The van der Waals surface area contributed by atoms with E-state index >= 15 is 0 Å². The van der Waals surface area contributed by atoms with Gasteiger partial charge in [0.15, 0.2) is 6.79 Å². The third-order valence-electron chi connectivity index (χ3n) is 1.52. The lowest BCUT2D eigenvalue weighted by Crippen LogP contribution is -2.26. The van der Waals surface area contributed by atoms with E-state index in [-0.39, 0.29) is 18.9 Å². The molecule has 0 heterocycles. The quantitative estimate of drug-likeness (QED) is 0.429. The average molecular weight is 206 g/mol. The molecule has 0 amide bonds. The Labute approximate surface area is 84.3 Å². The molecule has 0 saturated carbocycles. The molecule has 5 nitrogen and oxygen atoms in total. The highest BCUT2D eigenvalue weighted by Crippen LogP contribution is 1.95. The van der Waals surface area contributed by atoms with Crippen molar-refractivity contribution in [2.45, 2.75) is 19.4 Å². The van der Waals surface area contributed by atoms with Gasteiger partial charge >= 0.3 is 5.97 Å². The Balaban J connectivity index is 3.54. The Hall–Kier alpha value is -0.650. The van der Waals surface area contributed by atoms with Crippen molar-refractivity contribution >= 4 is 5.97 Å². The van der Waals surface area contributed by atoms with Crippen molar-refractivity contribution in [1.82, 2.24) is 0 Å². The Morgan fingerprint density at radius 1 is 1.21 bits per heavy atom. The fourth-order valence-corrected chi connectivity index (χ4v) is 0.814. The van der Waals surface area contributed by atoms with Crippen LogP contribution in [0.4, 0.5) is 0 Å².